The number of hydrogen-bond acceptors (Lipinski definition) is 7. The van der Waals surface area contributed by atoms with Gasteiger partial charge in [0.2, 0.25) is 5.91 Å². The maximum absolute atomic E-state index is 12.6. The van der Waals surface area contributed by atoms with Crippen molar-refractivity contribution in [3.05, 3.63) is 68.2 Å². The average Bonchev–Trinajstić information content (AvgIpc) is 2.84. The van der Waals surface area contributed by atoms with Gasteiger partial charge in [0.25, 0.3) is 5.69 Å². The number of halogens is 2. The molecule has 2 aromatic rings. The molecule has 9 nitrogen and oxygen atoms in total. The zero-order valence-corrected chi connectivity index (χ0v) is 20.9. The molecule has 0 aromatic heterocycles. The molecule has 1 fully saturated rings. The van der Waals surface area contributed by atoms with Crippen molar-refractivity contribution in [2.24, 2.45) is 0 Å². The van der Waals surface area contributed by atoms with Gasteiger partial charge in [-0.1, -0.05) is 41.0 Å². The molecule has 0 unspecified atom stereocenters. The number of carbonyl (C=O) groups is 3. The topological polar surface area (TPSA) is 110 Å². The molecule has 12 heteroatoms. The standard InChI is InChI=1S/C23H21Cl2N3O6S/c1-2-34-23(31)22(30)27-11-9-26(10-12-27)21(29)8-4-15-3-6-20(18(13-15)28(32)33)35-19-7-5-16(24)14-17(19)25/h3-8,13-14H,2,9-12H2,1H3/b8-4+. The van der Waals surface area contributed by atoms with Gasteiger partial charge in [0, 0.05) is 48.2 Å². The van der Waals surface area contributed by atoms with E-state index in [1.165, 1.54) is 28.0 Å². The minimum Gasteiger partial charge on any atom is -0.459 e. The molecule has 0 spiro atoms. The molecule has 0 atom stereocenters. The van der Waals surface area contributed by atoms with Gasteiger partial charge in [-0.3, -0.25) is 19.7 Å². The van der Waals surface area contributed by atoms with Gasteiger partial charge in [-0.15, -0.1) is 0 Å². The molecule has 184 valence electrons. The Morgan fingerprint density at radius 1 is 1.06 bits per heavy atom. The Kier molecular flexibility index (Phi) is 9.13. The quantitative estimate of drug-likeness (QED) is 0.177. The highest BCUT2D eigenvalue weighted by atomic mass is 35.5. The fourth-order valence-electron chi connectivity index (χ4n) is 3.27. The van der Waals surface area contributed by atoms with Crippen LogP contribution in [0.1, 0.15) is 12.5 Å². The van der Waals surface area contributed by atoms with E-state index in [0.717, 1.165) is 11.8 Å². The van der Waals surface area contributed by atoms with E-state index in [4.69, 9.17) is 27.9 Å². The molecule has 1 saturated heterocycles. The van der Waals surface area contributed by atoms with Crippen LogP contribution in [0.5, 0.6) is 0 Å². The Balaban J connectivity index is 1.65. The van der Waals surface area contributed by atoms with Gasteiger partial charge in [0.15, 0.2) is 0 Å². The highest BCUT2D eigenvalue weighted by Gasteiger charge is 2.28. The Bertz CT molecular complexity index is 1180. The van der Waals surface area contributed by atoms with Gasteiger partial charge < -0.3 is 14.5 Å². The van der Waals surface area contributed by atoms with E-state index in [0.29, 0.717) is 25.4 Å². The van der Waals surface area contributed by atoms with Crippen LogP contribution in [0.25, 0.3) is 6.08 Å². The number of nitro benzene ring substituents is 1. The van der Waals surface area contributed by atoms with Gasteiger partial charge in [-0.25, -0.2) is 4.79 Å². The normalized spacial score (nSPS) is 13.7. The van der Waals surface area contributed by atoms with Crippen molar-refractivity contribution in [1.29, 1.82) is 0 Å². The first-order chi connectivity index (χ1) is 16.7. The molecule has 35 heavy (non-hydrogen) atoms. The summed E-state index contributed by atoms with van der Waals surface area (Å²) in [6.07, 6.45) is 2.82. The van der Waals surface area contributed by atoms with Crippen molar-refractivity contribution in [1.82, 2.24) is 9.80 Å². The maximum Gasteiger partial charge on any atom is 0.397 e. The van der Waals surface area contributed by atoms with E-state index in [1.54, 1.807) is 37.3 Å². The predicted octanol–water partition coefficient (Wildman–Crippen LogP) is 4.30. The second-order valence-corrected chi connectivity index (χ2v) is 9.26. The van der Waals surface area contributed by atoms with Crippen molar-refractivity contribution in [3.8, 4) is 0 Å². The Morgan fingerprint density at radius 3 is 2.34 bits per heavy atom. The maximum atomic E-state index is 12.6. The Morgan fingerprint density at radius 2 is 1.71 bits per heavy atom. The van der Waals surface area contributed by atoms with E-state index in [2.05, 4.69) is 0 Å². The van der Waals surface area contributed by atoms with Gasteiger partial charge in [-0.2, -0.15) is 0 Å². The summed E-state index contributed by atoms with van der Waals surface area (Å²) in [6, 6.07) is 9.54. The first-order valence-electron chi connectivity index (χ1n) is 10.5. The van der Waals surface area contributed by atoms with Gasteiger partial charge in [0.05, 0.1) is 21.4 Å². The predicted molar refractivity (Wildman–Crippen MR) is 133 cm³/mol. The summed E-state index contributed by atoms with van der Waals surface area (Å²) >= 11 is 13.2. The number of piperazine rings is 1. The van der Waals surface area contributed by atoms with Gasteiger partial charge in [0.1, 0.15) is 0 Å². The molecule has 2 aromatic carbocycles. The SMILES string of the molecule is CCOC(=O)C(=O)N1CCN(C(=O)/C=C/c2ccc(Sc3ccc(Cl)cc3Cl)c([N+](=O)[O-])c2)CC1. The number of benzene rings is 2. The number of nitro groups is 1. The van der Waals surface area contributed by atoms with Crippen LogP contribution in [0.2, 0.25) is 10.0 Å². The van der Waals surface area contributed by atoms with Crippen molar-refractivity contribution in [2.75, 3.05) is 32.8 Å². The van der Waals surface area contributed by atoms with Gasteiger partial charge in [-0.05, 0) is 42.8 Å². The van der Waals surface area contributed by atoms with Crippen LogP contribution < -0.4 is 0 Å². The molecular weight excluding hydrogens is 517 g/mol. The zero-order valence-electron chi connectivity index (χ0n) is 18.6. The number of esters is 1. The van der Waals surface area contributed by atoms with Crippen molar-refractivity contribution in [3.63, 3.8) is 0 Å². The number of nitrogens with zero attached hydrogens (tertiary/aromatic N) is 3. The molecule has 0 aliphatic carbocycles. The zero-order chi connectivity index (χ0) is 25.5. The molecule has 0 N–H and O–H groups in total. The van der Waals surface area contributed by atoms with Crippen LogP contribution in [0.3, 0.4) is 0 Å². The molecule has 1 aliphatic rings. The van der Waals surface area contributed by atoms with Crippen molar-refractivity contribution in [2.45, 2.75) is 16.7 Å². The Hall–Kier alpha value is -3.08. The van der Waals surface area contributed by atoms with E-state index < -0.39 is 16.8 Å². The van der Waals surface area contributed by atoms with Crippen LogP contribution in [0.4, 0.5) is 5.69 Å². The highest BCUT2D eigenvalue weighted by molar-refractivity contribution is 7.99. The van der Waals surface area contributed by atoms with Crippen LogP contribution in [0, 0.1) is 10.1 Å². The van der Waals surface area contributed by atoms with Crippen LogP contribution in [-0.4, -0.2) is 65.3 Å². The average molecular weight is 538 g/mol. The van der Waals surface area contributed by atoms with E-state index >= 15 is 0 Å². The van der Waals surface area contributed by atoms with Crippen LogP contribution in [-0.2, 0) is 19.1 Å². The Labute approximate surface area is 215 Å². The number of rotatable bonds is 6. The van der Waals surface area contributed by atoms with E-state index in [1.807, 2.05) is 0 Å². The van der Waals surface area contributed by atoms with E-state index in [-0.39, 0.29) is 44.4 Å². The number of amides is 2. The third-order valence-electron chi connectivity index (χ3n) is 5.04. The second kappa shape index (κ2) is 12.1. The molecule has 1 heterocycles. The summed E-state index contributed by atoms with van der Waals surface area (Å²) in [5, 5.41) is 12.5. The fraction of sp³-hybridized carbons (Fsp3) is 0.261. The smallest absolute Gasteiger partial charge is 0.397 e. The minimum atomic E-state index is -0.909. The molecule has 3 rings (SSSR count). The van der Waals surface area contributed by atoms with Crippen molar-refractivity contribution < 1.29 is 24.0 Å². The second-order valence-electron chi connectivity index (χ2n) is 7.33. The van der Waals surface area contributed by atoms with E-state index in [9.17, 15) is 24.5 Å². The fourth-order valence-corrected chi connectivity index (χ4v) is 4.70. The summed E-state index contributed by atoms with van der Waals surface area (Å²) in [7, 11) is 0. The van der Waals surface area contributed by atoms with Crippen LogP contribution >= 0.6 is 35.0 Å². The molecular formula is C23H21Cl2N3O6S. The first kappa shape index (κ1) is 26.5. The van der Waals surface area contributed by atoms with Gasteiger partial charge >= 0.3 is 11.9 Å². The lowest BCUT2D eigenvalue weighted by Gasteiger charge is -2.33. The number of hydrogen-bond donors (Lipinski definition) is 0. The lowest BCUT2D eigenvalue weighted by Crippen LogP contribution is -2.52. The summed E-state index contributed by atoms with van der Waals surface area (Å²) in [4.78, 5) is 51.2. The lowest BCUT2D eigenvalue weighted by molar-refractivity contribution is -0.387. The van der Waals surface area contributed by atoms with Crippen molar-refractivity contribution >= 4 is 64.5 Å². The molecule has 1 aliphatic heterocycles. The number of carbonyl (C=O) groups excluding carboxylic acids is 3. The minimum absolute atomic E-state index is 0.112. The lowest BCUT2D eigenvalue weighted by atomic mass is 10.2. The molecule has 0 bridgehead atoms. The third kappa shape index (κ3) is 6.97. The summed E-state index contributed by atoms with van der Waals surface area (Å²) in [6.45, 7) is 2.66. The number of ether oxygens (including phenoxy) is 1. The summed E-state index contributed by atoms with van der Waals surface area (Å²) < 4.78 is 4.71. The molecule has 0 radical (unpaired) electrons. The monoisotopic (exact) mass is 537 g/mol. The van der Waals surface area contributed by atoms with Crippen LogP contribution in [0.15, 0.2) is 52.3 Å². The third-order valence-corrected chi connectivity index (χ3v) is 6.84. The molecule has 2 amide bonds. The highest BCUT2D eigenvalue weighted by Crippen LogP contribution is 2.39. The largest absolute Gasteiger partial charge is 0.459 e. The summed E-state index contributed by atoms with van der Waals surface area (Å²) in [5.74, 6) is -1.93. The first-order valence-corrected chi connectivity index (χ1v) is 12.1. The summed E-state index contributed by atoms with van der Waals surface area (Å²) in [5.41, 5.74) is 0.356. The molecule has 0 saturated carbocycles.